The number of carbonyl (C=O) groups is 1. The predicted octanol–water partition coefficient (Wildman–Crippen LogP) is 2.90. The first-order valence-corrected chi connectivity index (χ1v) is 11.2. The normalized spacial score (nSPS) is 15.4. The molecule has 1 amide bonds. The molecule has 0 spiro atoms. The number of hydrogen-bond donors (Lipinski definition) is 5. The fourth-order valence-corrected chi connectivity index (χ4v) is 5.15. The third-order valence-corrected chi connectivity index (χ3v) is 6.58. The van der Waals surface area contributed by atoms with Crippen LogP contribution in [0.4, 0.5) is 10.7 Å². The first kappa shape index (κ1) is 20.6. The van der Waals surface area contributed by atoms with E-state index in [1.165, 1.54) is 0 Å². The summed E-state index contributed by atoms with van der Waals surface area (Å²) in [5.74, 6) is 0.672. The van der Waals surface area contributed by atoms with Gasteiger partial charge in [0.05, 0.1) is 29.1 Å². The minimum atomic E-state index is -0.222. The molecule has 0 saturated carbocycles. The van der Waals surface area contributed by atoms with E-state index in [2.05, 4.69) is 32.2 Å². The van der Waals surface area contributed by atoms with E-state index >= 15 is 0 Å². The second-order valence-electron chi connectivity index (χ2n) is 7.80. The zero-order valence-electron chi connectivity index (χ0n) is 17.9. The van der Waals surface area contributed by atoms with Gasteiger partial charge in [0.2, 0.25) is 0 Å². The highest BCUT2D eigenvalue weighted by molar-refractivity contribution is 7.23. The van der Waals surface area contributed by atoms with Crippen molar-refractivity contribution in [3.05, 3.63) is 47.7 Å². The van der Waals surface area contributed by atoms with Gasteiger partial charge >= 0.3 is 0 Å². The number of ether oxygens (including phenoxy) is 1. The molecule has 2 aromatic carbocycles. The molecule has 0 bridgehead atoms. The van der Waals surface area contributed by atoms with Crippen LogP contribution >= 0.6 is 11.3 Å². The van der Waals surface area contributed by atoms with Gasteiger partial charge in [-0.05, 0) is 18.2 Å². The largest absolute Gasteiger partial charge is 0.490 e. The first-order chi connectivity index (χ1) is 15.6. The van der Waals surface area contributed by atoms with Gasteiger partial charge in [0.1, 0.15) is 18.5 Å². The summed E-state index contributed by atoms with van der Waals surface area (Å²) in [6.07, 6.45) is 1.56. The van der Waals surface area contributed by atoms with Gasteiger partial charge in [-0.2, -0.15) is 5.10 Å². The molecular formula is C22H25N7O2S. The number of nitrogens with zero attached hydrogens (tertiary/aromatic N) is 2. The highest BCUT2D eigenvalue weighted by Crippen LogP contribution is 2.44. The third kappa shape index (κ3) is 3.52. The van der Waals surface area contributed by atoms with Crippen molar-refractivity contribution >= 4 is 48.9 Å². The predicted molar refractivity (Wildman–Crippen MR) is 128 cm³/mol. The number of nitrogens with two attached hydrogens (primary N) is 1. The monoisotopic (exact) mass is 451 g/mol. The second-order valence-corrected chi connectivity index (χ2v) is 8.85. The van der Waals surface area contributed by atoms with Crippen LogP contribution in [0.25, 0.3) is 21.0 Å². The molecule has 0 radical (unpaired) electrons. The number of anilines is 2. The zero-order chi connectivity index (χ0) is 22.2. The zero-order valence-corrected chi connectivity index (χ0v) is 18.7. The smallest absolute Gasteiger partial charge is 0.254 e. The number of amides is 1. The van der Waals surface area contributed by atoms with Crippen molar-refractivity contribution in [2.45, 2.75) is 6.17 Å². The number of benzene rings is 2. The van der Waals surface area contributed by atoms with E-state index < -0.39 is 0 Å². The van der Waals surface area contributed by atoms with Crippen LogP contribution < -0.4 is 26.4 Å². The van der Waals surface area contributed by atoms with Crippen molar-refractivity contribution < 1.29 is 9.53 Å². The van der Waals surface area contributed by atoms with Crippen molar-refractivity contribution in [3.63, 3.8) is 0 Å². The van der Waals surface area contributed by atoms with Gasteiger partial charge in [-0.25, -0.2) is 0 Å². The van der Waals surface area contributed by atoms with E-state index in [0.29, 0.717) is 31.1 Å². The van der Waals surface area contributed by atoms with Crippen molar-refractivity contribution in [1.29, 1.82) is 0 Å². The van der Waals surface area contributed by atoms with Crippen LogP contribution in [0, 0.1) is 0 Å². The number of aromatic nitrogens is 2. The van der Waals surface area contributed by atoms with E-state index in [0.717, 1.165) is 37.2 Å². The Morgan fingerprint density at radius 3 is 3.06 bits per heavy atom. The first-order valence-electron chi connectivity index (χ1n) is 10.4. The molecular weight excluding hydrogens is 426 g/mol. The highest BCUT2D eigenvalue weighted by atomic mass is 32.1. The maximum atomic E-state index is 12.9. The van der Waals surface area contributed by atoms with Gasteiger partial charge in [0.25, 0.3) is 5.91 Å². The summed E-state index contributed by atoms with van der Waals surface area (Å²) in [6.45, 7) is 1.42. The molecule has 6 N–H and O–H groups in total. The number of rotatable bonds is 6. The topological polar surface area (TPSA) is 120 Å². The lowest BCUT2D eigenvalue weighted by Gasteiger charge is -2.29. The number of carbonyl (C=O) groups excluding carboxylic acids is 1. The van der Waals surface area contributed by atoms with Crippen molar-refractivity contribution in [3.8, 4) is 5.75 Å². The summed E-state index contributed by atoms with van der Waals surface area (Å²) in [5.41, 5.74) is 9.10. The Morgan fingerprint density at radius 2 is 2.25 bits per heavy atom. The summed E-state index contributed by atoms with van der Waals surface area (Å²) >= 11 is 1.65. The molecule has 4 aromatic rings. The molecule has 10 heteroatoms. The van der Waals surface area contributed by atoms with Crippen LogP contribution in [0.3, 0.4) is 0 Å². The maximum Gasteiger partial charge on any atom is 0.254 e. The second kappa shape index (κ2) is 8.30. The molecule has 1 unspecified atom stereocenters. The minimum absolute atomic E-state index is 0.0210. The Kier molecular flexibility index (Phi) is 5.33. The molecule has 1 atom stereocenters. The van der Waals surface area contributed by atoms with Gasteiger partial charge in [0, 0.05) is 53.3 Å². The van der Waals surface area contributed by atoms with E-state index in [-0.39, 0.29) is 12.1 Å². The lowest BCUT2D eigenvalue weighted by molar-refractivity contribution is 0.0829. The average molecular weight is 452 g/mol. The fourth-order valence-electron chi connectivity index (χ4n) is 3.99. The van der Waals surface area contributed by atoms with Gasteiger partial charge < -0.3 is 26.0 Å². The number of H-pyrrole nitrogens is 1. The molecule has 32 heavy (non-hydrogen) atoms. The average Bonchev–Trinajstić information content (AvgIpc) is 3.40. The van der Waals surface area contributed by atoms with Gasteiger partial charge in [-0.3, -0.25) is 15.2 Å². The van der Waals surface area contributed by atoms with Crippen LogP contribution in [0.1, 0.15) is 22.1 Å². The Hall–Kier alpha value is -3.34. The maximum absolute atomic E-state index is 12.9. The van der Waals surface area contributed by atoms with Crippen molar-refractivity contribution in [2.24, 2.45) is 5.73 Å². The number of hydrogen-bond acceptors (Lipinski definition) is 8. The SMILES string of the molecule is CN(C)C(=O)c1cccc2sc3c(c12)C(Nc1cc2cn[nH]c2cc1OCCN)NCN3. The Labute approximate surface area is 188 Å². The minimum Gasteiger partial charge on any atom is -0.490 e. The summed E-state index contributed by atoms with van der Waals surface area (Å²) in [6, 6.07) is 9.81. The van der Waals surface area contributed by atoms with Crippen LogP contribution in [0.2, 0.25) is 0 Å². The lowest BCUT2D eigenvalue weighted by atomic mass is 10.0. The van der Waals surface area contributed by atoms with E-state index in [1.807, 2.05) is 24.3 Å². The molecule has 1 aliphatic heterocycles. The molecule has 0 aliphatic carbocycles. The van der Waals surface area contributed by atoms with E-state index in [9.17, 15) is 4.79 Å². The van der Waals surface area contributed by atoms with Crippen molar-refractivity contribution in [2.75, 3.05) is 44.5 Å². The quantitative estimate of drug-likeness (QED) is 0.306. The summed E-state index contributed by atoms with van der Waals surface area (Å²) < 4.78 is 6.98. The Morgan fingerprint density at radius 1 is 1.38 bits per heavy atom. The molecule has 166 valence electrons. The van der Waals surface area contributed by atoms with E-state index in [4.69, 9.17) is 10.5 Å². The number of aromatic amines is 1. The van der Waals surface area contributed by atoms with E-state index in [1.54, 1.807) is 36.5 Å². The molecule has 2 aromatic heterocycles. The summed E-state index contributed by atoms with van der Waals surface area (Å²) in [7, 11) is 3.54. The van der Waals surface area contributed by atoms with Gasteiger partial charge in [0.15, 0.2) is 0 Å². The van der Waals surface area contributed by atoms with Gasteiger partial charge in [-0.15, -0.1) is 11.3 Å². The van der Waals surface area contributed by atoms with Crippen LogP contribution in [0.5, 0.6) is 5.75 Å². The third-order valence-electron chi connectivity index (χ3n) is 5.45. The number of fused-ring (bicyclic) bond motifs is 4. The fraction of sp³-hybridized carbons (Fsp3) is 0.273. The summed E-state index contributed by atoms with van der Waals surface area (Å²) in [4.78, 5) is 14.5. The number of thiophene rings is 1. The molecule has 1 aliphatic rings. The molecule has 0 saturated heterocycles. The Bertz CT molecular complexity index is 1300. The van der Waals surface area contributed by atoms with Crippen LogP contribution in [-0.2, 0) is 0 Å². The molecule has 5 rings (SSSR count). The molecule has 3 heterocycles. The summed E-state index contributed by atoms with van der Waals surface area (Å²) in [5, 5.41) is 20.6. The van der Waals surface area contributed by atoms with Crippen molar-refractivity contribution in [1.82, 2.24) is 20.4 Å². The lowest BCUT2D eigenvalue weighted by Crippen LogP contribution is -2.36. The Balaban J connectivity index is 1.60. The van der Waals surface area contributed by atoms with Crippen LogP contribution in [-0.4, -0.2) is 54.9 Å². The number of nitrogens with one attached hydrogen (secondary N) is 4. The highest BCUT2D eigenvalue weighted by Gasteiger charge is 2.28. The van der Waals surface area contributed by atoms with Gasteiger partial charge in [-0.1, -0.05) is 6.07 Å². The molecule has 9 nitrogen and oxygen atoms in total. The molecule has 0 fully saturated rings. The standard InChI is InChI=1S/C22H25N7O2S/c1-29(2)22(30)13-4-3-5-17-18(13)19-20(24-11-25-21(19)32-17)27-15-8-12-10-26-28-14(12)9-16(15)31-7-6-23/h3-5,8-10,20,24-25,27H,6-7,11,23H2,1-2H3,(H,26,28). The van der Waals surface area contributed by atoms with Crippen LogP contribution in [0.15, 0.2) is 36.5 Å².